The molecule has 0 radical (unpaired) electrons. The first-order valence-corrected chi connectivity index (χ1v) is 8.41. The van der Waals surface area contributed by atoms with Crippen LogP contribution in [0.1, 0.15) is 28.8 Å². The highest BCUT2D eigenvalue weighted by atomic mass is 32.2. The van der Waals surface area contributed by atoms with E-state index in [1.165, 1.54) is 18.6 Å². The summed E-state index contributed by atoms with van der Waals surface area (Å²) in [6, 6.07) is 5.64. The molecule has 1 fully saturated rings. The van der Waals surface area contributed by atoms with E-state index in [0.29, 0.717) is 16.6 Å². The Kier molecular flexibility index (Phi) is 4.42. The lowest BCUT2D eigenvalue weighted by molar-refractivity contribution is 0.0795. The normalized spacial score (nSPS) is 17.6. The van der Waals surface area contributed by atoms with E-state index in [2.05, 4.69) is 20.6 Å². The fraction of sp³-hybridized carbons (Fsp3) is 0.467. The monoisotopic (exact) mass is 317 g/mol. The molecule has 6 nitrogen and oxygen atoms in total. The molecular weight excluding hydrogens is 298 g/mol. The molecule has 116 valence electrons. The van der Waals surface area contributed by atoms with Crippen molar-refractivity contribution in [1.82, 2.24) is 25.5 Å². The van der Waals surface area contributed by atoms with E-state index in [-0.39, 0.29) is 5.91 Å². The van der Waals surface area contributed by atoms with Crippen LogP contribution in [0.25, 0.3) is 11.4 Å². The van der Waals surface area contributed by atoms with Crippen LogP contribution in [0.2, 0.25) is 0 Å². The smallest absolute Gasteiger partial charge is 0.253 e. The SMILES string of the molecule is Cc1ccc(C(=O)N(C)CC2CCCS2)cc1-c1nn[nH]n1. The number of H-pyrrole nitrogens is 1. The van der Waals surface area contributed by atoms with Crippen molar-refractivity contribution in [1.29, 1.82) is 0 Å². The highest BCUT2D eigenvalue weighted by Gasteiger charge is 2.21. The molecule has 1 amide bonds. The minimum absolute atomic E-state index is 0.0391. The van der Waals surface area contributed by atoms with E-state index in [4.69, 9.17) is 0 Å². The van der Waals surface area contributed by atoms with E-state index in [0.717, 1.165) is 17.7 Å². The van der Waals surface area contributed by atoms with Crippen molar-refractivity contribution in [3.63, 3.8) is 0 Å². The lowest BCUT2D eigenvalue weighted by Crippen LogP contribution is -2.32. The standard InChI is InChI=1S/C15H19N5OS/c1-10-5-6-11(8-13(10)14-16-18-19-17-14)15(21)20(2)9-12-4-3-7-22-12/h5-6,8,12H,3-4,7,9H2,1-2H3,(H,16,17,18,19). The molecule has 0 saturated carbocycles. The van der Waals surface area contributed by atoms with E-state index >= 15 is 0 Å². The third kappa shape index (κ3) is 3.14. The van der Waals surface area contributed by atoms with Gasteiger partial charge in [0.25, 0.3) is 5.91 Å². The molecule has 2 heterocycles. The zero-order valence-electron chi connectivity index (χ0n) is 12.7. The summed E-state index contributed by atoms with van der Waals surface area (Å²) in [7, 11) is 1.87. The largest absolute Gasteiger partial charge is 0.341 e. The van der Waals surface area contributed by atoms with Gasteiger partial charge in [-0.25, -0.2) is 0 Å². The van der Waals surface area contributed by atoms with Crippen LogP contribution in [-0.4, -0.2) is 56.0 Å². The Hall–Kier alpha value is -1.89. The maximum absolute atomic E-state index is 12.6. The number of nitrogens with one attached hydrogen (secondary N) is 1. The average Bonchev–Trinajstić information content (AvgIpc) is 3.20. The van der Waals surface area contributed by atoms with Gasteiger partial charge in [0.15, 0.2) is 0 Å². The Morgan fingerprint density at radius 3 is 3.05 bits per heavy atom. The van der Waals surface area contributed by atoms with Gasteiger partial charge in [0.1, 0.15) is 0 Å². The van der Waals surface area contributed by atoms with Crippen molar-refractivity contribution >= 4 is 17.7 Å². The molecule has 1 aliphatic heterocycles. The van der Waals surface area contributed by atoms with Gasteiger partial charge in [-0.2, -0.15) is 17.0 Å². The van der Waals surface area contributed by atoms with Gasteiger partial charge in [-0.15, -0.1) is 10.2 Å². The van der Waals surface area contributed by atoms with Gasteiger partial charge in [-0.3, -0.25) is 4.79 Å². The number of nitrogens with zero attached hydrogens (tertiary/aromatic N) is 4. The predicted octanol–water partition coefficient (Wildman–Crippen LogP) is 2.14. The van der Waals surface area contributed by atoms with Gasteiger partial charge in [-0.1, -0.05) is 6.07 Å². The number of hydrogen-bond donors (Lipinski definition) is 1. The Balaban J connectivity index is 1.79. The van der Waals surface area contributed by atoms with Crippen LogP contribution < -0.4 is 0 Å². The summed E-state index contributed by atoms with van der Waals surface area (Å²) in [6.45, 7) is 2.77. The van der Waals surface area contributed by atoms with Crippen LogP contribution in [0, 0.1) is 6.92 Å². The summed E-state index contributed by atoms with van der Waals surface area (Å²) in [5.74, 6) is 1.76. The van der Waals surface area contributed by atoms with Crippen molar-refractivity contribution in [2.45, 2.75) is 25.0 Å². The first-order chi connectivity index (χ1) is 10.6. The van der Waals surface area contributed by atoms with Crippen LogP contribution in [0.5, 0.6) is 0 Å². The molecule has 1 N–H and O–H groups in total. The summed E-state index contributed by atoms with van der Waals surface area (Å²) in [6.07, 6.45) is 2.45. The maximum atomic E-state index is 12.6. The van der Waals surface area contributed by atoms with E-state index < -0.39 is 0 Å². The van der Waals surface area contributed by atoms with Crippen molar-refractivity contribution in [3.05, 3.63) is 29.3 Å². The lowest BCUT2D eigenvalue weighted by Gasteiger charge is -2.21. The lowest BCUT2D eigenvalue weighted by atomic mass is 10.0. The molecule has 2 aromatic rings. The van der Waals surface area contributed by atoms with Gasteiger partial charge in [0, 0.05) is 30.0 Å². The first kappa shape index (κ1) is 15.0. The number of rotatable bonds is 4. The van der Waals surface area contributed by atoms with Crippen molar-refractivity contribution < 1.29 is 4.79 Å². The van der Waals surface area contributed by atoms with Gasteiger partial charge < -0.3 is 4.90 Å². The molecule has 1 aliphatic rings. The second-order valence-electron chi connectivity index (χ2n) is 5.59. The first-order valence-electron chi connectivity index (χ1n) is 7.36. The average molecular weight is 317 g/mol. The molecule has 0 aliphatic carbocycles. The third-order valence-electron chi connectivity index (χ3n) is 3.92. The van der Waals surface area contributed by atoms with Crippen LogP contribution >= 0.6 is 11.8 Å². The number of aromatic nitrogens is 4. The molecule has 1 unspecified atom stereocenters. The van der Waals surface area contributed by atoms with E-state index in [1.807, 2.05) is 48.8 Å². The fourth-order valence-electron chi connectivity index (χ4n) is 2.67. The van der Waals surface area contributed by atoms with Crippen LogP contribution in [0.15, 0.2) is 18.2 Å². The van der Waals surface area contributed by atoms with Crippen molar-refractivity contribution in [2.75, 3.05) is 19.3 Å². The molecule has 1 atom stereocenters. The number of aryl methyl sites for hydroxylation is 1. The Morgan fingerprint density at radius 2 is 2.36 bits per heavy atom. The third-order valence-corrected chi connectivity index (χ3v) is 5.30. The summed E-state index contributed by atoms with van der Waals surface area (Å²) in [5, 5.41) is 14.6. The van der Waals surface area contributed by atoms with Gasteiger partial charge in [0.2, 0.25) is 5.82 Å². The number of thioether (sulfide) groups is 1. The maximum Gasteiger partial charge on any atom is 0.253 e. The molecule has 0 bridgehead atoms. The number of benzene rings is 1. The summed E-state index contributed by atoms with van der Waals surface area (Å²) >= 11 is 1.96. The van der Waals surface area contributed by atoms with E-state index in [9.17, 15) is 4.79 Å². The number of carbonyl (C=O) groups is 1. The minimum Gasteiger partial charge on any atom is -0.341 e. The molecular formula is C15H19N5OS. The molecule has 1 saturated heterocycles. The topological polar surface area (TPSA) is 74.8 Å². The van der Waals surface area contributed by atoms with Crippen LogP contribution in [-0.2, 0) is 0 Å². The quantitative estimate of drug-likeness (QED) is 0.935. The van der Waals surface area contributed by atoms with Crippen LogP contribution in [0.3, 0.4) is 0 Å². The molecule has 0 spiro atoms. The second-order valence-corrected chi connectivity index (χ2v) is 6.99. The molecule has 1 aromatic heterocycles. The van der Waals surface area contributed by atoms with Crippen molar-refractivity contribution in [3.8, 4) is 11.4 Å². The second kappa shape index (κ2) is 6.48. The molecule has 3 rings (SSSR count). The molecule has 7 heteroatoms. The Morgan fingerprint density at radius 1 is 1.50 bits per heavy atom. The Bertz CT molecular complexity index is 652. The van der Waals surface area contributed by atoms with Gasteiger partial charge >= 0.3 is 0 Å². The number of amides is 1. The number of aromatic amines is 1. The summed E-state index contributed by atoms with van der Waals surface area (Å²) < 4.78 is 0. The summed E-state index contributed by atoms with van der Waals surface area (Å²) in [5.41, 5.74) is 2.52. The predicted molar refractivity (Wildman–Crippen MR) is 86.8 cm³/mol. The fourth-order valence-corrected chi connectivity index (χ4v) is 4.00. The zero-order valence-corrected chi connectivity index (χ0v) is 13.6. The summed E-state index contributed by atoms with van der Waals surface area (Å²) in [4.78, 5) is 14.4. The van der Waals surface area contributed by atoms with Crippen molar-refractivity contribution in [2.24, 2.45) is 0 Å². The van der Waals surface area contributed by atoms with Crippen LogP contribution in [0.4, 0.5) is 0 Å². The highest BCUT2D eigenvalue weighted by molar-refractivity contribution is 8.00. The number of carbonyl (C=O) groups excluding carboxylic acids is 1. The van der Waals surface area contributed by atoms with Gasteiger partial charge in [0.05, 0.1) is 0 Å². The highest BCUT2D eigenvalue weighted by Crippen LogP contribution is 2.27. The molecule has 22 heavy (non-hydrogen) atoms. The van der Waals surface area contributed by atoms with Gasteiger partial charge in [-0.05, 0) is 48.4 Å². The van der Waals surface area contributed by atoms with E-state index in [1.54, 1.807) is 0 Å². The Labute approximate surface area is 133 Å². The number of hydrogen-bond acceptors (Lipinski definition) is 5. The molecule has 1 aromatic carbocycles. The minimum atomic E-state index is 0.0391. The number of tetrazole rings is 1. The zero-order chi connectivity index (χ0) is 15.5.